The lowest BCUT2D eigenvalue weighted by Crippen LogP contribution is -1.88. The van der Waals surface area contributed by atoms with Crippen molar-refractivity contribution in [3.63, 3.8) is 0 Å². The zero-order valence-corrected chi connectivity index (χ0v) is 10.6. The van der Waals surface area contributed by atoms with Crippen molar-refractivity contribution < 1.29 is 4.42 Å². The van der Waals surface area contributed by atoms with E-state index in [1.165, 1.54) is 0 Å². The fourth-order valence-electron chi connectivity index (χ4n) is 1.66. The molecule has 0 bridgehead atoms. The van der Waals surface area contributed by atoms with E-state index in [1.807, 2.05) is 42.5 Å². The smallest absolute Gasteiger partial charge is 0.320 e. The first kappa shape index (κ1) is 11.7. The Labute approximate surface area is 115 Å². The Balaban J connectivity index is 1.84. The largest absolute Gasteiger partial charge is 0.403 e. The van der Waals surface area contributed by atoms with Crippen molar-refractivity contribution in [2.45, 2.75) is 0 Å². The summed E-state index contributed by atoms with van der Waals surface area (Å²) in [7, 11) is 0. The number of aromatic nitrogens is 2. The maximum atomic E-state index is 5.93. The zero-order chi connectivity index (χ0) is 13.1. The Morgan fingerprint density at radius 2 is 1.79 bits per heavy atom. The average molecular weight is 272 g/mol. The standard InChI is InChI=1S/C14H10ClN3O/c15-11-6-4-5-10(9-11)13-17-18-14(19-13)16-12-7-2-1-3-8-12/h1-9H,(H,16,18). The Hall–Kier alpha value is -2.33. The van der Waals surface area contributed by atoms with E-state index in [9.17, 15) is 0 Å². The molecule has 0 aliphatic carbocycles. The summed E-state index contributed by atoms with van der Waals surface area (Å²) in [4.78, 5) is 0. The minimum atomic E-state index is 0.348. The molecule has 0 spiro atoms. The molecule has 1 N–H and O–H groups in total. The number of anilines is 2. The van der Waals surface area contributed by atoms with Gasteiger partial charge in [0.2, 0.25) is 5.89 Å². The molecule has 0 unspecified atom stereocenters. The van der Waals surface area contributed by atoms with Crippen LogP contribution in [-0.2, 0) is 0 Å². The molecule has 0 aliphatic heterocycles. The lowest BCUT2D eigenvalue weighted by atomic mass is 10.2. The maximum Gasteiger partial charge on any atom is 0.320 e. The van der Waals surface area contributed by atoms with Crippen molar-refractivity contribution >= 4 is 23.3 Å². The van der Waals surface area contributed by atoms with Crippen LogP contribution in [-0.4, -0.2) is 10.2 Å². The molecule has 0 radical (unpaired) electrons. The van der Waals surface area contributed by atoms with E-state index in [4.69, 9.17) is 16.0 Å². The highest BCUT2D eigenvalue weighted by atomic mass is 35.5. The summed E-state index contributed by atoms with van der Waals surface area (Å²) in [5.41, 5.74) is 1.69. The zero-order valence-electron chi connectivity index (χ0n) is 9.88. The lowest BCUT2D eigenvalue weighted by Gasteiger charge is -1.99. The summed E-state index contributed by atoms with van der Waals surface area (Å²) in [5.74, 6) is 0.431. The molecular formula is C14H10ClN3O. The number of benzene rings is 2. The first-order valence-corrected chi connectivity index (χ1v) is 6.10. The van der Waals surface area contributed by atoms with E-state index < -0.39 is 0 Å². The summed E-state index contributed by atoms with van der Waals surface area (Å²) in [6.45, 7) is 0. The Morgan fingerprint density at radius 3 is 2.58 bits per heavy atom. The number of hydrogen-bond acceptors (Lipinski definition) is 4. The number of rotatable bonds is 3. The fourth-order valence-corrected chi connectivity index (χ4v) is 1.85. The molecule has 5 heteroatoms. The first-order valence-electron chi connectivity index (χ1n) is 5.73. The predicted octanol–water partition coefficient (Wildman–Crippen LogP) is 4.13. The molecule has 0 amide bonds. The predicted molar refractivity (Wildman–Crippen MR) is 74.5 cm³/mol. The van der Waals surface area contributed by atoms with Crippen LogP contribution < -0.4 is 5.32 Å². The van der Waals surface area contributed by atoms with E-state index in [1.54, 1.807) is 12.1 Å². The topological polar surface area (TPSA) is 51.0 Å². The van der Waals surface area contributed by atoms with Crippen molar-refractivity contribution in [3.05, 3.63) is 59.6 Å². The normalized spacial score (nSPS) is 10.4. The second-order valence-corrected chi connectivity index (χ2v) is 4.35. The summed E-state index contributed by atoms with van der Waals surface area (Å²) in [5, 5.41) is 11.6. The van der Waals surface area contributed by atoms with Gasteiger partial charge in [-0.2, -0.15) is 0 Å². The van der Waals surface area contributed by atoms with E-state index in [-0.39, 0.29) is 0 Å². The number of hydrogen-bond donors (Lipinski definition) is 1. The van der Waals surface area contributed by atoms with Crippen LogP contribution in [0.25, 0.3) is 11.5 Å². The third-order valence-corrected chi connectivity index (χ3v) is 2.76. The lowest BCUT2D eigenvalue weighted by molar-refractivity contribution is 0.587. The molecule has 0 fully saturated rings. The molecule has 2 aromatic carbocycles. The van der Waals surface area contributed by atoms with Crippen LogP contribution in [0.1, 0.15) is 0 Å². The van der Waals surface area contributed by atoms with Crippen molar-refractivity contribution in [2.24, 2.45) is 0 Å². The highest BCUT2D eigenvalue weighted by Crippen LogP contribution is 2.24. The van der Waals surface area contributed by atoms with Gasteiger partial charge in [0.05, 0.1) is 0 Å². The maximum absolute atomic E-state index is 5.93. The molecule has 1 aromatic heterocycles. The summed E-state index contributed by atoms with van der Waals surface area (Å²) in [6.07, 6.45) is 0. The van der Waals surface area contributed by atoms with Gasteiger partial charge < -0.3 is 9.73 Å². The molecule has 4 nitrogen and oxygen atoms in total. The number of nitrogens with one attached hydrogen (secondary N) is 1. The van der Waals surface area contributed by atoms with Gasteiger partial charge in [-0.05, 0) is 30.3 Å². The second kappa shape index (κ2) is 5.12. The van der Waals surface area contributed by atoms with E-state index in [0.29, 0.717) is 16.9 Å². The van der Waals surface area contributed by atoms with Gasteiger partial charge in [0.25, 0.3) is 0 Å². The van der Waals surface area contributed by atoms with Gasteiger partial charge in [0.1, 0.15) is 0 Å². The number of halogens is 1. The monoisotopic (exact) mass is 271 g/mol. The van der Waals surface area contributed by atoms with Gasteiger partial charge in [0, 0.05) is 16.3 Å². The van der Waals surface area contributed by atoms with Gasteiger partial charge in [-0.25, -0.2) is 0 Å². The van der Waals surface area contributed by atoms with E-state index in [0.717, 1.165) is 11.3 Å². The van der Waals surface area contributed by atoms with E-state index >= 15 is 0 Å². The molecule has 0 aliphatic rings. The van der Waals surface area contributed by atoms with Crippen molar-refractivity contribution in [1.82, 2.24) is 10.2 Å². The molecule has 0 saturated carbocycles. The second-order valence-electron chi connectivity index (χ2n) is 3.91. The molecule has 0 atom stereocenters. The minimum absolute atomic E-state index is 0.348. The van der Waals surface area contributed by atoms with Crippen LogP contribution in [0.3, 0.4) is 0 Å². The van der Waals surface area contributed by atoms with Gasteiger partial charge >= 0.3 is 6.01 Å². The molecule has 1 heterocycles. The summed E-state index contributed by atoms with van der Waals surface area (Å²) < 4.78 is 5.54. The quantitative estimate of drug-likeness (QED) is 0.778. The Kier molecular flexibility index (Phi) is 3.16. The summed E-state index contributed by atoms with van der Waals surface area (Å²) in [6, 6.07) is 17.3. The van der Waals surface area contributed by atoms with Crippen molar-refractivity contribution in [3.8, 4) is 11.5 Å². The number of para-hydroxylation sites is 1. The van der Waals surface area contributed by atoms with Crippen molar-refractivity contribution in [1.29, 1.82) is 0 Å². The van der Waals surface area contributed by atoms with Crippen LogP contribution in [0.4, 0.5) is 11.7 Å². The minimum Gasteiger partial charge on any atom is -0.403 e. The molecule has 0 saturated heterocycles. The van der Waals surface area contributed by atoms with Crippen LogP contribution in [0, 0.1) is 0 Å². The van der Waals surface area contributed by atoms with Crippen LogP contribution in [0.15, 0.2) is 59.0 Å². The van der Waals surface area contributed by atoms with Crippen molar-refractivity contribution in [2.75, 3.05) is 5.32 Å². The highest BCUT2D eigenvalue weighted by molar-refractivity contribution is 6.30. The van der Waals surface area contributed by atoms with Gasteiger partial charge in [-0.15, -0.1) is 5.10 Å². The van der Waals surface area contributed by atoms with Crippen LogP contribution in [0.2, 0.25) is 5.02 Å². The van der Waals surface area contributed by atoms with Crippen LogP contribution in [0.5, 0.6) is 0 Å². The Morgan fingerprint density at radius 1 is 0.947 bits per heavy atom. The van der Waals surface area contributed by atoms with Crippen LogP contribution >= 0.6 is 11.6 Å². The SMILES string of the molecule is Clc1cccc(-c2nnc(Nc3ccccc3)o2)c1. The van der Waals surface area contributed by atoms with E-state index in [2.05, 4.69) is 15.5 Å². The molecule has 19 heavy (non-hydrogen) atoms. The number of nitrogens with zero attached hydrogens (tertiary/aromatic N) is 2. The summed E-state index contributed by atoms with van der Waals surface area (Å²) >= 11 is 5.93. The molecule has 94 valence electrons. The first-order chi connectivity index (χ1) is 9.31. The fraction of sp³-hybridized carbons (Fsp3) is 0. The third kappa shape index (κ3) is 2.74. The van der Waals surface area contributed by atoms with Gasteiger partial charge in [-0.1, -0.05) is 41.0 Å². The third-order valence-electron chi connectivity index (χ3n) is 2.52. The molecule has 3 aromatic rings. The van der Waals surface area contributed by atoms with Gasteiger partial charge in [0.15, 0.2) is 0 Å². The Bertz CT molecular complexity index is 682. The highest BCUT2D eigenvalue weighted by Gasteiger charge is 2.08. The molecule has 3 rings (SSSR count). The average Bonchev–Trinajstić information content (AvgIpc) is 2.88. The van der Waals surface area contributed by atoms with Gasteiger partial charge in [-0.3, -0.25) is 0 Å². The molecular weight excluding hydrogens is 262 g/mol.